The van der Waals surface area contributed by atoms with E-state index in [1.165, 1.54) is 11.5 Å². The zero-order valence-corrected chi connectivity index (χ0v) is 10.9. The van der Waals surface area contributed by atoms with E-state index >= 15 is 0 Å². The summed E-state index contributed by atoms with van der Waals surface area (Å²) in [6, 6.07) is 7.68. The summed E-state index contributed by atoms with van der Waals surface area (Å²) < 4.78 is 9.60. The predicted molar refractivity (Wildman–Crippen MR) is 71.0 cm³/mol. The third-order valence-corrected chi connectivity index (χ3v) is 3.29. The minimum atomic E-state index is 0.112. The van der Waals surface area contributed by atoms with Crippen LogP contribution in [0, 0.1) is 0 Å². The Labute approximate surface area is 110 Å². The molecule has 0 amide bonds. The lowest BCUT2D eigenvalue weighted by Gasteiger charge is -2.09. The average Bonchev–Trinajstić information content (AvgIpc) is 2.85. The monoisotopic (exact) mass is 265 g/mol. The SMILES string of the molecule is CNc1snnc1COc1ccccc1CCO. The summed E-state index contributed by atoms with van der Waals surface area (Å²) in [4.78, 5) is 0. The van der Waals surface area contributed by atoms with Gasteiger partial charge in [0.2, 0.25) is 0 Å². The number of aliphatic hydroxyl groups is 1. The molecule has 6 heteroatoms. The van der Waals surface area contributed by atoms with Gasteiger partial charge in [0.05, 0.1) is 0 Å². The summed E-state index contributed by atoms with van der Waals surface area (Å²) in [5, 5.41) is 16.9. The van der Waals surface area contributed by atoms with Crippen LogP contribution in [-0.4, -0.2) is 28.3 Å². The third-order valence-electron chi connectivity index (χ3n) is 2.50. The average molecular weight is 265 g/mol. The lowest BCUT2D eigenvalue weighted by Crippen LogP contribution is -2.02. The first-order valence-electron chi connectivity index (χ1n) is 5.65. The minimum absolute atomic E-state index is 0.112. The Morgan fingerprint density at radius 3 is 3.00 bits per heavy atom. The van der Waals surface area contributed by atoms with Crippen molar-refractivity contribution in [3.05, 3.63) is 35.5 Å². The summed E-state index contributed by atoms with van der Waals surface area (Å²) in [5.74, 6) is 0.779. The predicted octanol–water partition coefficient (Wildman–Crippen LogP) is 1.69. The van der Waals surface area contributed by atoms with Gasteiger partial charge >= 0.3 is 0 Å². The maximum atomic E-state index is 8.99. The number of rotatable bonds is 6. The van der Waals surface area contributed by atoms with Gasteiger partial charge in [0, 0.05) is 25.2 Å². The highest BCUT2D eigenvalue weighted by molar-refractivity contribution is 7.10. The number of benzene rings is 1. The molecule has 2 N–H and O–H groups in total. The van der Waals surface area contributed by atoms with Crippen molar-refractivity contribution in [2.24, 2.45) is 0 Å². The number of nitrogens with one attached hydrogen (secondary N) is 1. The number of hydrogen-bond acceptors (Lipinski definition) is 6. The van der Waals surface area contributed by atoms with Gasteiger partial charge in [-0.05, 0) is 18.1 Å². The van der Waals surface area contributed by atoms with E-state index in [-0.39, 0.29) is 6.61 Å². The molecule has 2 aromatic rings. The molecule has 1 aromatic heterocycles. The van der Waals surface area contributed by atoms with E-state index in [4.69, 9.17) is 9.84 Å². The molecule has 0 saturated carbocycles. The topological polar surface area (TPSA) is 67.3 Å². The number of aliphatic hydroxyl groups excluding tert-OH is 1. The molecule has 18 heavy (non-hydrogen) atoms. The smallest absolute Gasteiger partial charge is 0.136 e. The first-order chi connectivity index (χ1) is 8.85. The Morgan fingerprint density at radius 2 is 2.22 bits per heavy atom. The first-order valence-corrected chi connectivity index (χ1v) is 6.43. The summed E-state index contributed by atoms with van der Waals surface area (Å²) in [5.41, 5.74) is 1.79. The molecule has 0 unspecified atom stereocenters. The minimum Gasteiger partial charge on any atom is -0.487 e. The largest absolute Gasteiger partial charge is 0.487 e. The molecule has 96 valence electrons. The maximum absolute atomic E-state index is 8.99. The molecule has 0 aliphatic carbocycles. The molecular formula is C12H15N3O2S. The standard InChI is InChI=1S/C12H15N3O2S/c1-13-12-10(14-15-18-12)8-17-11-5-3-2-4-9(11)6-7-16/h2-5,13,16H,6-8H2,1H3. The molecule has 0 aliphatic heterocycles. The lowest BCUT2D eigenvalue weighted by molar-refractivity contribution is 0.282. The zero-order chi connectivity index (χ0) is 12.8. The van der Waals surface area contributed by atoms with Crippen LogP contribution in [0.25, 0.3) is 0 Å². The molecule has 1 aromatic carbocycles. The Bertz CT molecular complexity index is 502. The quantitative estimate of drug-likeness (QED) is 0.832. The van der Waals surface area contributed by atoms with Gasteiger partial charge in [-0.3, -0.25) is 0 Å². The van der Waals surface area contributed by atoms with Gasteiger partial charge in [0.1, 0.15) is 23.1 Å². The number of aromatic nitrogens is 2. The lowest BCUT2D eigenvalue weighted by atomic mass is 10.1. The summed E-state index contributed by atoms with van der Waals surface area (Å²) >= 11 is 1.31. The van der Waals surface area contributed by atoms with Crippen LogP contribution in [0.15, 0.2) is 24.3 Å². The van der Waals surface area contributed by atoms with Gasteiger partial charge < -0.3 is 15.2 Å². The molecule has 0 spiro atoms. The second kappa shape index (κ2) is 6.32. The van der Waals surface area contributed by atoms with E-state index < -0.39 is 0 Å². The van der Waals surface area contributed by atoms with E-state index in [1.807, 2.05) is 31.3 Å². The molecule has 1 heterocycles. The summed E-state index contributed by atoms with van der Waals surface area (Å²) in [6.07, 6.45) is 0.588. The van der Waals surface area contributed by atoms with Gasteiger partial charge in [-0.15, -0.1) is 5.10 Å². The molecule has 0 aliphatic rings. The molecular weight excluding hydrogens is 250 g/mol. The third kappa shape index (κ3) is 2.96. The van der Waals surface area contributed by atoms with E-state index in [1.54, 1.807) is 0 Å². The number of anilines is 1. The van der Waals surface area contributed by atoms with Crippen molar-refractivity contribution in [2.75, 3.05) is 19.0 Å². The van der Waals surface area contributed by atoms with Crippen LogP contribution in [0.5, 0.6) is 5.75 Å². The maximum Gasteiger partial charge on any atom is 0.136 e. The molecule has 0 fully saturated rings. The van der Waals surface area contributed by atoms with Crippen LogP contribution < -0.4 is 10.1 Å². The Hall–Kier alpha value is -1.66. The number of ether oxygens (including phenoxy) is 1. The fourth-order valence-electron chi connectivity index (χ4n) is 1.61. The number of para-hydroxylation sites is 1. The second-order valence-corrected chi connectivity index (χ2v) is 4.42. The van der Waals surface area contributed by atoms with Crippen molar-refractivity contribution in [1.82, 2.24) is 9.59 Å². The molecule has 0 atom stereocenters. The highest BCUT2D eigenvalue weighted by atomic mass is 32.1. The van der Waals surface area contributed by atoms with Gasteiger partial charge in [0.25, 0.3) is 0 Å². The molecule has 5 nitrogen and oxygen atoms in total. The van der Waals surface area contributed by atoms with Crippen LogP contribution in [0.4, 0.5) is 5.00 Å². The Balaban J connectivity index is 2.06. The Kier molecular flexibility index (Phi) is 4.49. The highest BCUT2D eigenvalue weighted by Crippen LogP contribution is 2.22. The van der Waals surface area contributed by atoms with Crippen LogP contribution in [0.3, 0.4) is 0 Å². The second-order valence-electron chi connectivity index (χ2n) is 3.67. The summed E-state index contributed by atoms with van der Waals surface area (Å²) in [7, 11) is 1.83. The molecule has 0 bridgehead atoms. The highest BCUT2D eigenvalue weighted by Gasteiger charge is 2.08. The molecule has 0 saturated heterocycles. The van der Waals surface area contributed by atoms with Crippen molar-refractivity contribution >= 4 is 16.5 Å². The van der Waals surface area contributed by atoms with Crippen molar-refractivity contribution in [2.45, 2.75) is 13.0 Å². The fraction of sp³-hybridized carbons (Fsp3) is 0.333. The van der Waals surface area contributed by atoms with E-state index in [9.17, 15) is 0 Å². The Morgan fingerprint density at radius 1 is 1.39 bits per heavy atom. The number of hydrogen-bond donors (Lipinski definition) is 2. The molecule has 2 rings (SSSR count). The van der Waals surface area contributed by atoms with Crippen molar-refractivity contribution < 1.29 is 9.84 Å². The van der Waals surface area contributed by atoms with Crippen LogP contribution in [-0.2, 0) is 13.0 Å². The number of nitrogens with zero attached hydrogens (tertiary/aromatic N) is 2. The van der Waals surface area contributed by atoms with Gasteiger partial charge in [-0.2, -0.15) is 0 Å². The van der Waals surface area contributed by atoms with Crippen molar-refractivity contribution in [1.29, 1.82) is 0 Å². The summed E-state index contributed by atoms with van der Waals surface area (Å²) in [6.45, 7) is 0.482. The zero-order valence-electron chi connectivity index (χ0n) is 10.1. The molecule has 0 radical (unpaired) electrons. The van der Waals surface area contributed by atoms with Crippen LogP contribution >= 0.6 is 11.5 Å². The van der Waals surface area contributed by atoms with Crippen LogP contribution in [0.2, 0.25) is 0 Å². The van der Waals surface area contributed by atoms with Crippen molar-refractivity contribution in [3.63, 3.8) is 0 Å². The van der Waals surface area contributed by atoms with Crippen molar-refractivity contribution in [3.8, 4) is 5.75 Å². The van der Waals surface area contributed by atoms with Gasteiger partial charge in [0.15, 0.2) is 0 Å². The fourth-order valence-corrected chi connectivity index (χ4v) is 2.13. The first kappa shape index (κ1) is 12.8. The van der Waals surface area contributed by atoms with Crippen LogP contribution in [0.1, 0.15) is 11.3 Å². The normalized spacial score (nSPS) is 10.3. The van der Waals surface area contributed by atoms with E-state index in [0.29, 0.717) is 13.0 Å². The van der Waals surface area contributed by atoms with E-state index in [0.717, 1.165) is 22.0 Å². The van der Waals surface area contributed by atoms with Gasteiger partial charge in [-0.1, -0.05) is 22.7 Å². The van der Waals surface area contributed by atoms with Gasteiger partial charge in [-0.25, -0.2) is 0 Å². The van der Waals surface area contributed by atoms with E-state index in [2.05, 4.69) is 14.9 Å².